The van der Waals surface area contributed by atoms with Gasteiger partial charge in [-0.1, -0.05) is 46.4 Å². The second kappa shape index (κ2) is 5.91. The maximum absolute atomic E-state index is 12.7. The van der Waals surface area contributed by atoms with Crippen LogP contribution in [0.2, 0.25) is 20.5 Å². The Balaban J connectivity index is 2.21. The number of hydrogen-bond acceptors (Lipinski definition) is 4. The number of nitrogens with zero attached hydrogens (tertiary/aromatic N) is 4. The van der Waals surface area contributed by atoms with E-state index < -0.39 is 5.78 Å². The monoisotopic (exact) mass is 388 g/mol. The first-order valence-electron chi connectivity index (χ1n) is 6.36. The van der Waals surface area contributed by atoms with Crippen LogP contribution >= 0.6 is 46.4 Å². The second-order valence-electron chi connectivity index (χ2n) is 4.80. The van der Waals surface area contributed by atoms with Gasteiger partial charge < -0.3 is 0 Å². The van der Waals surface area contributed by atoms with Gasteiger partial charge in [-0.3, -0.25) is 9.48 Å². The van der Waals surface area contributed by atoms with Crippen molar-refractivity contribution in [3.8, 4) is 0 Å². The zero-order chi connectivity index (χ0) is 16.9. The van der Waals surface area contributed by atoms with Crippen molar-refractivity contribution in [1.82, 2.24) is 19.7 Å². The Morgan fingerprint density at radius 2 is 1.78 bits per heavy atom. The average Bonchev–Trinajstić information content (AvgIpc) is 2.78. The number of carbonyl (C=O) groups is 1. The number of ketones is 1. The number of benzene rings is 1. The normalized spacial score (nSPS) is 11.2. The topological polar surface area (TPSA) is 60.7 Å². The molecule has 0 aliphatic rings. The van der Waals surface area contributed by atoms with Gasteiger partial charge in [0.15, 0.2) is 10.3 Å². The largest absolute Gasteiger partial charge is 0.287 e. The standard InChI is InChI=1S/C14H8Cl4N4O/c1-5-12(16)20-13(17)10(19-5)11(23)6-3-4-7-8(9(6)15)14(18)22(2)21-7/h3-4H,1-2H3. The van der Waals surface area contributed by atoms with Crippen molar-refractivity contribution >= 4 is 63.1 Å². The van der Waals surface area contributed by atoms with E-state index in [1.807, 2.05) is 0 Å². The zero-order valence-electron chi connectivity index (χ0n) is 11.9. The summed E-state index contributed by atoms with van der Waals surface area (Å²) in [6.45, 7) is 1.63. The smallest absolute Gasteiger partial charge is 0.216 e. The third kappa shape index (κ3) is 2.68. The van der Waals surface area contributed by atoms with Crippen LogP contribution in [0.3, 0.4) is 0 Å². The molecule has 0 spiro atoms. The number of aryl methyl sites for hydroxylation is 2. The first-order chi connectivity index (χ1) is 10.8. The Labute approximate surface area is 151 Å². The lowest BCUT2D eigenvalue weighted by Gasteiger charge is -2.07. The van der Waals surface area contributed by atoms with Crippen molar-refractivity contribution in [3.05, 3.63) is 49.6 Å². The highest BCUT2D eigenvalue weighted by atomic mass is 35.5. The van der Waals surface area contributed by atoms with E-state index >= 15 is 0 Å². The average molecular weight is 390 g/mol. The van der Waals surface area contributed by atoms with Crippen LogP contribution in [0.4, 0.5) is 0 Å². The second-order valence-corrected chi connectivity index (χ2v) is 6.26. The zero-order valence-corrected chi connectivity index (χ0v) is 14.9. The van der Waals surface area contributed by atoms with Gasteiger partial charge in [0.2, 0.25) is 5.78 Å². The SMILES string of the molecule is Cc1nc(C(=O)c2ccc3nn(C)c(Cl)c3c2Cl)c(Cl)nc1Cl. The van der Waals surface area contributed by atoms with E-state index in [0.717, 1.165) is 0 Å². The maximum atomic E-state index is 12.7. The van der Waals surface area contributed by atoms with Crippen LogP contribution in [-0.2, 0) is 7.05 Å². The Kier molecular flexibility index (Phi) is 4.23. The highest BCUT2D eigenvalue weighted by Crippen LogP contribution is 2.34. The molecule has 0 bridgehead atoms. The number of aromatic nitrogens is 4. The molecular weight excluding hydrogens is 382 g/mol. The quantitative estimate of drug-likeness (QED) is 0.604. The molecule has 2 heterocycles. The van der Waals surface area contributed by atoms with E-state index in [0.29, 0.717) is 21.7 Å². The van der Waals surface area contributed by atoms with Gasteiger partial charge >= 0.3 is 0 Å². The summed E-state index contributed by atoms with van der Waals surface area (Å²) in [7, 11) is 1.69. The fourth-order valence-electron chi connectivity index (χ4n) is 2.14. The molecule has 0 N–H and O–H groups in total. The van der Waals surface area contributed by atoms with Crippen molar-refractivity contribution in [1.29, 1.82) is 0 Å². The fraction of sp³-hybridized carbons (Fsp3) is 0.143. The molecule has 3 aromatic rings. The first kappa shape index (κ1) is 16.5. The van der Waals surface area contributed by atoms with Gasteiger partial charge in [-0.25, -0.2) is 9.97 Å². The number of rotatable bonds is 2. The summed E-state index contributed by atoms with van der Waals surface area (Å²) < 4.78 is 1.48. The molecular formula is C14H8Cl4N4O. The molecule has 0 aliphatic carbocycles. The van der Waals surface area contributed by atoms with Crippen molar-refractivity contribution in [2.24, 2.45) is 7.05 Å². The van der Waals surface area contributed by atoms with Crippen molar-refractivity contribution < 1.29 is 4.79 Å². The van der Waals surface area contributed by atoms with Crippen molar-refractivity contribution in [2.75, 3.05) is 0 Å². The number of carbonyl (C=O) groups excluding carboxylic acids is 1. The van der Waals surface area contributed by atoms with Gasteiger partial charge in [-0.15, -0.1) is 0 Å². The van der Waals surface area contributed by atoms with E-state index in [1.54, 1.807) is 26.1 Å². The lowest BCUT2D eigenvalue weighted by molar-refractivity contribution is 0.103. The molecule has 0 aliphatic heterocycles. The van der Waals surface area contributed by atoms with Crippen LogP contribution in [0.5, 0.6) is 0 Å². The minimum absolute atomic E-state index is 0.0187. The molecule has 2 aromatic heterocycles. The highest BCUT2D eigenvalue weighted by molar-refractivity contribution is 6.44. The lowest BCUT2D eigenvalue weighted by Crippen LogP contribution is -2.08. The van der Waals surface area contributed by atoms with E-state index in [4.69, 9.17) is 46.4 Å². The Bertz CT molecular complexity index is 967. The number of fused-ring (bicyclic) bond motifs is 1. The molecule has 0 fully saturated rings. The Morgan fingerprint density at radius 1 is 1.09 bits per heavy atom. The maximum Gasteiger partial charge on any atom is 0.216 e. The van der Waals surface area contributed by atoms with Gasteiger partial charge in [0.1, 0.15) is 10.8 Å². The van der Waals surface area contributed by atoms with Crippen LogP contribution in [0.25, 0.3) is 10.9 Å². The van der Waals surface area contributed by atoms with Gasteiger partial charge in [-0.05, 0) is 19.1 Å². The summed E-state index contributed by atoms with van der Waals surface area (Å²) in [6.07, 6.45) is 0. The lowest BCUT2D eigenvalue weighted by atomic mass is 10.1. The number of hydrogen-bond donors (Lipinski definition) is 0. The van der Waals surface area contributed by atoms with E-state index in [-0.39, 0.29) is 26.6 Å². The Morgan fingerprint density at radius 3 is 2.48 bits per heavy atom. The summed E-state index contributed by atoms with van der Waals surface area (Å²) in [5.74, 6) is -0.464. The molecule has 1 aromatic carbocycles. The molecule has 0 unspecified atom stereocenters. The third-order valence-corrected chi connectivity index (χ3v) is 4.75. The summed E-state index contributed by atoms with van der Waals surface area (Å²) >= 11 is 24.4. The van der Waals surface area contributed by atoms with Gasteiger partial charge in [-0.2, -0.15) is 5.10 Å². The number of halogens is 4. The molecule has 118 valence electrons. The molecule has 9 heteroatoms. The fourth-order valence-corrected chi connectivity index (χ4v) is 3.14. The molecule has 23 heavy (non-hydrogen) atoms. The Hall–Kier alpha value is -1.40. The highest BCUT2D eigenvalue weighted by Gasteiger charge is 2.23. The van der Waals surface area contributed by atoms with Gasteiger partial charge in [0.25, 0.3) is 0 Å². The third-order valence-electron chi connectivity index (χ3n) is 3.30. The molecule has 0 atom stereocenters. The molecule has 0 saturated heterocycles. The summed E-state index contributed by atoms with van der Waals surface area (Å²) in [5, 5.41) is 5.29. The van der Waals surface area contributed by atoms with Crippen molar-refractivity contribution in [2.45, 2.75) is 6.92 Å². The van der Waals surface area contributed by atoms with E-state index in [9.17, 15) is 4.79 Å². The predicted molar refractivity (Wildman–Crippen MR) is 91.0 cm³/mol. The summed E-state index contributed by atoms with van der Waals surface area (Å²) in [4.78, 5) is 20.7. The predicted octanol–water partition coefficient (Wildman–Crippen LogP) is 4.52. The van der Waals surface area contributed by atoms with E-state index in [1.165, 1.54) is 4.68 Å². The molecule has 3 rings (SSSR count). The van der Waals surface area contributed by atoms with Crippen LogP contribution in [0.15, 0.2) is 12.1 Å². The molecule has 5 nitrogen and oxygen atoms in total. The minimum Gasteiger partial charge on any atom is -0.287 e. The molecule has 0 amide bonds. The molecule has 0 saturated carbocycles. The van der Waals surface area contributed by atoms with Gasteiger partial charge in [0, 0.05) is 12.6 Å². The van der Waals surface area contributed by atoms with Crippen LogP contribution in [0.1, 0.15) is 21.7 Å². The summed E-state index contributed by atoms with van der Waals surface area (Å²) in [6, 6.07) is 3.21. The summed E-state index contributed by atoms with van der Waals surface area (Å²) in [5.41, 5.74) is 1.18. The van der Waals surface area contributed by atoms with Gasteiger partial charge in [0.05, 0.1) is 21.6 Å². The molecule has 0 radical (unpaired) electrons. The van der Waals surface area contributed by atoms with E-state index in [2.05, 4.69) is 15.1 Å². The first-order valence-corrected chi connectivity index (χ1v) is 7.87. The van der Waals surface area contributed by atoms with Crippen molar-refractivity contribution in [3.63, 3.8) is 0 Å². The van der Waals surface area contributed by atoms with Crippen LogP contribution in [-0.4, -0.2) is 25.5 Å². The minimum atomic E-state index is -0.464. The van der Waals surface area contributed by atoms with Crippen LogP contribution in [0, 0.1) is 6.92 Å². The van der Waals surface area contributed by atoms with Crippen LogP contribution < -0.4 is 0 Å².